The average molecular weight is 196 g/mol. The first kappa shape index (κ1) is 8.10. The van der Waals surface area contributed by atoms with Gasteiger partial charge in [-0.15, -0.1) is 6.42 Å². The third-order valence-corrected chi connectivity index (χ3v) is 1.15. The summed E-state index contributed by atoms with van der Waals surface area (Å²) in [6, 6.07) is 0. The van der Waals surface area contributed by atoms with E-state index in [2.05, 4.69) is 25.2 Å². The molecule has 0 spiro atoms. The zero-order valence-corrected chi connectivity index (χ0v) is 6.54. The normalized spacial score (nSPS) is 15.4. The van der Waals surface area contributed by atoms with E-state index >= 15 is 0 Å². The minimum absolute atomic E-state index is 0. The van der Waals surface area contributed by atoms with Gasteiger partial charge in [-0.25, -0.2) is 11.6 Å². The van der Waals surface area contributed by atoms with Gasteiger partial charge >= 0.3 is 0 Å². The zero-order valence-electron chi connectivity index (χ0n) is 4.90. The third kappa shape index (κ3) is 1.92. The summed E-state index contributed by atoms with van der Waals surface area (Å²) in [5, 5.41) is 0. The first-order valence-electron chi connectivity index (χ1n) is 2.69. The van der Waals surface area contributed by atoms with E-state index in [9.17, 15) is 0 Å². The second-order valence-corrected chi connectivity index (χ2v) is 1.66. The van der Waals surface area contributed by atoms with E-state index in [0.717, 1.165) is 12.8 Å². The molecule has 0 saturated carbocycles. The van der Waals surface area contributed by atoms with Crippen LogP contribution in [0, 0.1) is 6.08 Å². The van der Waals surface area contributed by atoms with Gasteiger partial charge in [0.15, 0.2) is 0 Å². The molecule has 0 N–H and O–H groups in total. The van der Waals surface area contributed by atoms with Gasteiger partial charge in [0.1, 0.15) is 0 Å². The van der Waals surface area contributed by atoms with Crippen molar-refractivity contribution in [3.8, 4) is 0 Å². The fraction of sp³-hybridized carbons (Fsp3) is 0.429. The van der Waals surface area contributed by atoms with Crippen molar-refractivity contribution in [3.05, 3.63) is 23.8 Å². The van der Waals surface area contributed by atoms with E-state index < -0.39 is 0 Å². The molecule has 0 aromatic rings. The average Bonchev–Trinajstić information content (AvgIpc) is 2.14. The second-order valence-electron chi connectivity index (χ2n) is 1.66. The molecule has 1 heteroatoms. The van der Waals surface area contributed by atoms with Gasteiger partial charge < -0.3 is 0 Å². The number of rotatable bonds is 1. The van der Waals surface area contributed by atoms with Gasteiger partial charge in [0.05, 0.1) is 0 Å². The molecule has 0 aliphatic heterocycles. The molecule has 1 aliphatic carbocycles. The molecule has 0 aromatic heterocycles. The van der Waals surface area contributed by atoms with Crippen LogP contribution in [0.15, 0.2) is 17.7 Å². The van der Waals surface area contributed by atoms with E-state index in [4.69, 9.17) is 0 Å². The number of hydrogen-bond acceptors (Lipinski definition) is 0. The Bertz CT molecular complexity index is 112. The van der Waals surface area contributed by atoms with Crippen molar-refractivity contribution < 1.29 is 19.5 Å². The monoisotopic (exact) mass is 196 g/mol. The van der Waals surface area contributed by atoms with Crippen LogP contribution in [0.3, 0.4) is 0 Å². The van der Waals surface area contributed by atoms with Gasteiger partial charge in [-0.2, -0.15) is 6.08 Å². The Morgan fingerprint density at radius 1 is 1.75 bits per heavy atom. The zero-order chi connectivity index (χ0) is 5.11. The maximum absolute atomic E-state index is 3.21. The second kappa shape index (κ2) is 4.03. The van der Waals surface area contributed by atoms with Gasteiger partial charge in [0, 0.05) is 19.5 Å². The van der Waals surface area contributed by atoms with Crippen LogP contribution >= 0.6 is 0 Å². The molecule has 8 heavy (non-hydrogen) atoms. The minimum Gasteiger partial charge on any atom is -0.270 e. The molecule has 0 saturated heterocycles. The summed E-state index contributed by atoms with van der Waals surface area (Å²) >= 11 is 0. The van der Waals surface area contributed by atoms with E-state index in [1.54, 1.807) is 0 Å². The van der Waals surface area contributed by atoms with Crippen LogP contribution in [-0.4, -0.2) is 0 Å². The Morgan fingerprint density at radius 3 is 2.75 bits per heavy atom. The molecule has 0 heterocycles. The van der Waals surface area contributed by atoms with E-state index in [-0.39, 0.29) is 19.5 Å². The molecular formula is C7H9Rh-. The van der Waals surface area contributed by atoms with Crippen molar-refractivity contribution in [1.29, 1.82) is 0 Å². The SMILES string of the molecule is CCC1=[C-]CC=C1.[Rh]. The van der Waals surface area contributed by atoms with Crippen molar-refractivity contribution >= 4 is 0 Å². The van der Waals surface area contributed by atoms with Crippen LogP contribution in [0.5, 0.6) is 0 Å². The largest absolute Gasteiger partial charge is 0.270 e. The van der Waals surface area contributed by atoms with Crippen molar-refractivity contribution in [2.75, 3.05) is 0 Å². The summed E-state index contributed by atoms with van der Waals surface area (Å²) in [4.78, 5) is 0. The molecule has 0 amide bonds. The topological polar surface area (TPSA) is 0 Å². The quantitative estimate of drug-likeness (QED) is 0.445. The Labute approximate surface area is 63.4 Å². The van der Waals surface area contributed by atoms with Crippen molar-refractivity contribution in [1.82, 2.24) is 0 Å². The molecule has 0 bridgehead atoms. The smallest absolute Gasteiger partial charge is 0 e. The van der Waals surface area contributed by atoms with Crippen LogP contribution in [-0.2, 0) is 19.5 Å². The van der Waals surface area contributed by atoms with Crippen LogP contribution < -0.4 is 0 Å². The summed E-state index contributed by atoms with van der Waals surface area (Å²) in [7, 11) is 0. The summed E-state index contributed by atoms with van der Waals surface area (Å²) in [6.45, 7) is 2.15. The van der Waals surface area contributed by atoms with Crippen molar-refractivity contribution in [2.24, 2.45) is 0 Å². The molecule has 0 unspecified atom stereocenters. The number of allylic oxidation sites excluding steroid dienone is 4. The van der Waals surface area contributed by atoms with Crippen LogP contribution in [0.2, 0.25) is 0 Å². The van der Waals surface area contributed by atoms with Crippen LogP contribution in [0.1, 0.15) is 19.8 Å². The van der Waals surface area contributed by atoms with Crippen molar-refractivity contribution in [3.63, 3.8) is 0 Å². The summed E-state index contributed by atoms with van der Waals surface area (Å²) in [6.07, 6.45) is 9.65. The maximum atomic E-state index is 3.21. The molecule has 0 aromatic carbocycles. The van der Waals surface area contributed by atoms with E-state index in [1.165, 1.54) is 5.57 Å². The fourth-order valence-electron chi connectivity index (χ4n) is 0.693. The van der Waals surface area contributed by atoms with Crippen molar-refractivity contribution in [2.45, 2.75) is 19.8 Å². The molecule has 1 aliphatic rings. The number of hydrogen-bond donors (Lipinski definition) is 0. The Morgan fingerprint density at radius 2 is 2.50 bits per heavy atom. The molecule has 1 radical (unpaired) electrons. The van der Waals surface area contributed by atoms with E-state index in [0.29, 0.717) is 0 Å². The summed E-state index contributed by atoms with van der Waals surface area (Å²) < 4.78 is 0. The van der Waals surface area contributed by atoms with Gasteiger partial charge in [-0.1, -0.05) is 13.3 Å². The van der Waals surface area contributed by atoms with E-state index in [1.807, 2.05) is 0 Å². The molecule has 0 fully saturated rings. The predicted molar refractivity (Wildman–Crippen MR) is 30.8 cm³/mol. The summed E-state index contributed by atoms with van der Waals surface area (Å²) in [5.74, 6) is 0. The molecular weight excluding hydrogens is 187 g/mol. The van der Waals surface area contributed by atoms with Gasteiger partial charge in [-0.3, -0.25) is 6.08 Å². The summed E-state index contributed by atoms with van der Waals surface area (Å²) in [5.41, 5.74) is 1.36. The molecule has 1 rings (SSSR count). The molecule has 0 atom stereocenters. The minimum atomic E-state index is 0. The Hall–Kier alpha value is 0.103. The standard InChI is InChI=1S/C7H9.Rh/c1-2-7-5-3-4-6-7;/h3,5H,2,4H2,1H3;/q-1;. The molecule has 47 valence electrons. The van der Waals surface area contributed by atoms with Gasteiger partial charge in [0.25, 0.3) is 0 Å². The maximum Gasteiger partial charge on any atom is 0 e. The predicted octanol–water partition coefficient (Wildman–Crippen LogP) is 2.08. The fourth-order valence-corrected chi connectivity index (χ4v) is 0.693. The van der Waals surface area contributed by atoms with Gasteiger partial charge in [-0.05, 0) is 0 Å². The first-order chi connectivity index (χ1) is 3.43. The third-order valence-electron chi connectivity index (χ3n) is 1.15. The molecule has 0 nitrogen and oxygen atoms in total. The first-order valence-corrected chi connectivity index (χ1v) is 2.69. The Balaban J connectivity index is 0.000000490. The Kier molecular flexibility index (Phi) is 4.08. The van der Waals surface area contributed by atoms with Crippen LogP contribution in [0.25, 0.3) is 0 Å². The van der Waals surface area contributed by atoms with Gasteiger partial charge in [0.2, 0.25) is 0 Å². The van der Waals surface area contributed by atoms with Crippen LogP contribution in [0.4, 0.5) is 0 Å².